The van der Waals surface area contributed by atoms with Gasteiger partial charge in [-0.15, -0.1) is 0 Å². The van der Waals surface area contributed by atoms with E-state index in [9.17, 15) is 61.0 Å². The van der Waals surface area contributed by atoms with Crippen LogP contribution in [0.15, 0.2) is 36.5 Å². The second-order valence-electron chi connectivity index (χ2n) is 23.6. The third-order valence-corrected chi connectivity index (χ3v) is 16.4. The van der Waals surface area contributed by atoms with Gasteiger partial charge in [0.15, 0.2) is 18.9 Å². The van der Waals surface area contributed by atoms with Gasteiger partial charge < -0.3 is 89.9 Å². The van der Waals surface area contributed by atoms with Crippen molar-refractivity contribution in [2.45, 2.75) is 336 Å². The summed E-state index contributed by atoms with van der Waals surface area (Å²) in [4.78, 5) is 13.3. The maximum absolute atomic E-state index is 13.3. The third-order valence-electron chi connectivity index (χ3n) is 16.4. The number of allylic oxidation sites excluding steroid dienone is 5. The highest BCUT2D eigenvalue weighted by molar-refractivity contribution is 5.76. The van der Waals surface area contributed by atoms with E-state index in [0.717, 1.165) is 57.8 Å². The number of rotatable bonds is 49. The fourth-order valence-electron chi connectivity index (χ4n) is 11.0. The molecule has 0 aromatic heterocycles. The molecule has 19 heteroatoms. The zero-order valence-corrected chi connectivity index (χ0v) is 50.9. The Morgan fingerprint density at radius 2 is 0.771 bits per heavy atom. The number of aliphatic hydroxyl groups excluding tert-OH is 11. The number of carbonyl (C=O) groups excluding carboxylic acids is 1. The molecule has 3 rings (SSSR count). The second-order valence-corrected chi connectivity index (χ2v) is 23.6. The fraction of sp³-hybridized carbons (Fsp3) is 0.891. The van der Waals surface area contributed by atoms with Gasteiger partial charge >= 0.3 is 0 Å². The van der Waals surface area contributed by atoms with Crippen LogP contribution in [0.25, 0.3) is 0 Å². The molecule has 3 fully saturated rings. The summed E-state index contributed by atoms with van der Waals surface area (Å²) in [5, 5.41) is 120. The van der Waals surface area contributed by atoms with Crippen LogP contribution >= 0.6 is 0 Å². The van der Waals surface area contributed by atoms with Crippen molar-refractivity contribution in [3.05, 3.63) is 36.5 Å². The largest absolute Gasteiger partial charge is 0.394 e. The Morgan fingerprint density at radius 3 is 1.20 bits per heavy atom. The number of aliphatic hydroxyl groups is 11. The Bertz CT molecular complexity index is 1660. The number of carbonyl (C=O) groups is 1. The van der Waals surface area contributed by atoms with Gasteiger partial charge in [-0.2, -0.15) is 0 Å². The molecule has 0 aromatic carbocycles. The van der Waals surface area contributed by atoms with E-state index < -0.39 is 124 Å². The Labute approximate surface area is 498 Å². The molecule has 3 aliphatic heterocycles. The normalized spacial score (nSPS) is 29.6. The van der Waals surface area contributed by atoms with E-state index in [0.29, 0.717) is 12.8 Å². The minimum atomic E-state index is -1.98. The van der Waals surface area contributed by atoms with Crippen molar-refractivity contribution in [1.29, 1.82) is 0 Å². The van der Waals surface area contributed by atoms with Crippen LogP contribution in [0.4, 0.5) is 0 Å². The van der Waals surface area contributed by atoms with E-state index in [1.54, 1.807) is 6.08 Å². The number of nitrogens with one attached hydrogen (secondary N) is 1. The van der Waals surface area contributed by atoms with Gasteiger partial charge in [0.2, 0.25) is 5.91 Å². The average molecular weight is 1190 g/mol. The Hall–Kier alpha value is -1.99. The maximum Gasteiger partial charge on any atom is 0.220 e. The van der Waals surface area contributed by atoms with Gasteiger partial charge in [-0.05, 0) is 57.8 Å². The first-order valence-electron chi connectivity index (χ1n) is 32.7. The van der Waals surface area contributed by atoms with Gasteiger partial charge in [-0.25, -0.2) is 0 Å². The summed E-state index contributed by atoms with van der Waals surface area (Å²) in [6.45, 7) is 1.70. The molecule has 0 saturated carbocycles. The molecular weight excluding hydrogens is 1070 g/mol. The lowest BCUT2D eigenvalue weighted by molar-refractivity contribution is -0.379. The molecule has 0 radical (unpaired) electrons. The van der Waals surface area contributed by atoms with Crippen molar-refractivity contribution in [2.24, 2.45) is 0 Å². The van der Waals surface area contributed by atoms with Gasteiger partial charge in [-0.1, -0.05) is 204 Å². The first kappa shape index (κ1) is 75.3. The number of ether oxygens (including phenoxy) is 6. The third kappa shape index (κ3) is 30.2. The van der Waals surface area contributed by atoms with Crippen LogP contribution in [0.5, 0.6) is 0 Å². The molecule has 0 aromatic rings. The van der Waals surface area contributed by atoms with Crippen LogP contribution in [0.2, 0.25) is 0 Å². The zero-order chi connectivity index (χ0) is 60.5. The minimum Gasteiger partial charge on any atom is -0.394 e. The van der Waals surface area contributed by atoms with Crippen LogP contribution in [0.3, 0.4) is 0 Å². The van der Waals surface area contributed by atoms with E-state index >= 15 is 0 Å². The monoisotopic (exact) mass is 1190 g/mol. The molecule has 3 heterocycles. The molecule has 0 bridgehead atoms. The van der Waals surface area contributed by atoms with E-state index in [1.165, 1.54) is 141 Å². The van der Waals surface area contributed by atoms with E-state index in [2.05, 4.69) is 43.5 Å². The molecule has 19 nitrogen and oxygen atoms in total. The van der Waals surface area contributed by atoms with Crippen LogP contribution in [-0.2, 0) is 33.2 Å². The summed E-state index contributed by atoms with van der Waals surface area (Å²) >= 11 is 0. The smallest absolute Gasteiger partial charge is 0.220 e. The summed E-state index contributed by atoms with van der Waals surface area (Å²) in [5.74, 6) is -0.294. The molecule has 3 aliphatic rings. The zero-order valence-electron chi connectivity index (χ0n) is 50.9. The predicted octanol–water partition coefficient (Wildman–Crippen LogP) is 7.27. The van der Waals surface area contributed by atoms with Crippen molar-refractivity contribution >= 4 is 5.91 Å². The van der Waals surface area contributed by atoms with E-state index in [4.69, 9.17) is 28.4 Å². The van der Waals surface area contributed by atoms with Crippen LogP contribution in [0.1, 0.15) is 232 Å². The highest BCUT2D eigenvalue weighted by Crippen LogP contribution is 2.33. The Balaban J connectivity index is 1.47. The average Bonchev–Trinajstić information content (AvgIpc) is 3.19. The summed E-state index contributed by atoms with van der Waals surface area (Å²) in [6, 6.07) is -0.993. The standard InChI is InChI=1S/C64H117NO18/c1-3-5-7-9-11-13-15-17-19-20-21-22-23-24-25-26-27-28-29-31-33-35-37-39-41-48(69)47(65-52(70)42-40-38-36-34-32-30-18-16-14-12-10-8-6-4-2)46-78-62-58(76)55(73)60(50(44-67)80-62)83-64-59(77)56(74)61(51(45-68)81-64)82-63-57(75)54(72)53(71)49(43-66)79-63/h16,18,31,33,39,41,47-51,53-64,66-69,71-77H,3-15,17,19-30,32,34-38,40,42-46H2,1-2H3,(H,65,70)/b18-16-,33-31+,41-39+. The molecule has 3 saturated heterocycles. The van der Waals surface area contributed by atoms with Gasteiger partial charge in [-0.3, -0.25) is 4.79 Å². The van der Waals surface area contributed by atoms with Crippen LogP contribution in [-0.4, -0.2) is 193 Å². The van der Waals surface area contributed by atoms with Gasteiger partial charge in [0.25, 0.3) is 0 Å². The minimum absolute atomic E-state index is 0.226. The molecule has 17 unspecified atom stereocenters. The Kier molecular flexibility index (Phi) is 42.7. The summed E-state index contributed by atoms with van der Waals surface area (Å²) < 4.78 is 34.3. The molecule has 17 atom stereocenters. The van der Waals surface area contributed by atoms with Crippen molar-refractivity contribution in [3.63, 3.8) is 0 Å². The van der Waals surface area contributed by atoms with Crippen molar-refractivity contribution in [2.75, 3.05) is 26.4 Å². The topological polar surface area (TPSA) is 307 Å². The highest BCUT2D eigenvalue weighted by atomic mass is 16.8. The van der Waals surface area contributed by atoms with Gasteiger partial charge in [0.05, 0.1) is 38.6 Å². The van der Waals surface area contributed by atoms with Crippen LogP contribution < -0.4 is 5.32 Å². The SMILES string of the molecule is CCCCCCC/C=C\CCCCCCCC(=O)NC(COC1OC(CO)C(OC2OC(CO)C(OC3OC(CO)C(O)C(O)C3O)C(O)C2O)C(O)C1O)C(O)/C=C/CC/C=C/CCCCCCCCCCCCCCCCCCCC. The molecule has 486 valence electrons. The molecular formula is C64H117NO18. The lowest BCUT2D eigenvalue weighted by atomic mass is 9.96. The van der Waals surface area contributed by atoms with Crippen molar-refractivity contribution in [1.82, 2.24) is 5.32 Å². The predicted molar refractivity (Wildman–Crippen MR) is 319 cm³/mol. The lowest BCUT2D eigenvalue weighted by Gasteiger charge is -2.48. The summed E-state index contributed by atoms with van der Waals surface area (Å²) in [5.41, 5.74) is 0. The quantitative estimate of drug-likeness (QED) is 0.0211. The first-order valence-corrected chi connectivity index (χ1v) is 32.7. The van der Waals surface area contributed by atoms with Gasteiger partial charge in [0, 0.05) is 6.42 Å². The number of unbranched alkanes of at least 4 members (excludes halogenated alkanes) is 29. The molecule has 0 spiro atoms. The number of hydrogen-bond donors (Lipinski definition) is 12. The highest BCUT2D eigenvalue weighted by Gasteiger charge is 2.53. The van der Waals surface area contributed by atoms with Gasteiger partial charge in [0.1, 0.15) is 73.2 Å². The van der Waals surface area contributed by atoms with E-state index in [-0.39, 0.29) is 18.9 Å². The summed E-state index contributed by atoms with van der Waals surface area (Å²) in [6.07, 6.45) is 25.6. The second kappa shape index (κ2) is 47.1. The maximum atomic E-state index is 13.3. The molecule has 1 amide bonds. The van der Waals surface area contributed by atoms with E-state index in [1.807, 2.05) is 6.08 Å². The fourth-order valence-corrected chi connectivity index (χ4v) is 11.0. The number of amides is 1. The molecule has 0 aliphatic carbocycles. The lowest BCUT2D eigenvalue weighted by Crippen LogP contribution is -2.66. The molecule has 83 heavy (non-hydrogen) atoms. The summed E-state index contributed by atoms with van der Waals surface area (Å²) in [7, 11) is 0. The first-order chi connectivity index (χ1) is 40.3. The van der Waals surface area contributed by atoms with Crippen molar-refractivity contribution in [3.8, 4) is 0 Å². The van der Waals surface area contributed by atoms with Crippen molar-refractivity contribution < 1.29 is 89.4 Å². The van der Waals surface area contributed by atoms with Crippen LogP contribution in [0, 0.1) is 0 Å². The number of hydrogen-bond acceptors (Lipinski definition) is 18. The molecule has 12 N–H and O–H groups in total. The Morgan fingerprint density at radius 1 is 0.422 bits per heavy atom.